The van der Waals surface area contributed by atoms with Gasteiger partial charge in [-0.05, 0) is 24.1 Å². The van der Waals surface area contributed by atoms with Crippen molar-refractivity contribution in [3.05, 3.63) is 22.2 Å². The van der Waals surface area contributed by atoms with Crippen LogP contribution in [-0.2, 0) is 14.0 Å². The molecule has 28 heavy (non-hydrogen) atoms. The molecule has 1 saturated heterocycles. The van der Waals surface area contributed by atoms with Gasteiger partial charge in [-0.3, -0.25) is 9.59 Å². The number of H-pyrrole nitrogens is 1. The smallest absolute Gasteiger partial charge is 0.326 e. The zero-order chi connectivity index (χ0) is 21.4. The Bertz CT molecular complexity index is 776. The number of nitrogens with zero attached hydrogens (tertiary/aromatic N) is 1. The van der Waals surface area contributed by atoms with E-state index in [0.29, 0.717) is 0 Å². The molecule has 0 spiro atoms. The largest absolute Gasteiger partial charge is 0.480 e. The molecule has 2 heterocycles. The lowest BCUT2D eigenvalue weighted by Crippen LogP contribution is -2.46. The third-order valence-corrected chi connectivity index (χ3v) is 10.4. The zero-order valence-electron chi connectivity index (χ0n) is 17.7. The molecule has 0 aromatic carbocycles. The molecule has 0 radical (unpaired) electrons. The summed E-state index contributed by atoms with van der Waals surface area (Å²) >= 11 is 0. The number of carboxylic acid groups (broad SMARTS) is 1. The van der Waals surface area contributed by atoms with Crippen LogP contribution >= 0.6 is 0 Å². The number of nitrogens with one attached hydrogen (secondary N) is 1. The predicted octanol–water partition coefficient (Wildman–Crippen LogP) is 2.78. The molecule has 1 fully saturated rings. The van der Waals surface area contributed by atoms with Crippen molar-refractivity contribution in [3.8, 4) is 0 Å². The van der Waals surface area contributed by atoms with Crippen molar-refractivity contribution in [2.24, 2.45) is 5.92 Å². The number of carboxylic acids is 1. The van der Waals surface area contributed by atoms with E-state index in [1.807, 2.05) is 13.8 Å². The van der Waals surface area contributed by atoms with Crippen LogP contribution in [0.25, 0.3) is 0 Å². The Morgan fingerprint density at radius 2 is 1.96 bits per heavy atom. The molecule has 0 aliphatic carbocycles. The van der Waals surface area contributed by atoms with Crippen LogP contribution < -0.4 is 5.56 Å². The van der Waals surface area contributed by atoms with Gasteiger partial charge in [-0.1, -0.05) is 34.6 Å². The fourth-order valence-corrected chi connectivity index (χ4v) is 4.68. The highest BCUT2D eigenvalue weighted by Gasteiger charge is 2.47. The first-order valence-corrected chi connectivity index (χ1v) is 12.5. The van der Waals surface area contributed by atoms with Crippen LogP contribution in [0, 0.1) is 5.92 Å². The molecule has 158 valence electrons. The van der Waals surface area contributed by atoms with Gasteiger partial charge in [0.05, 0.1) is 6.10 Å². The Labute approximate surface area is 166 Å². The van der Waals surface area contributed by atoms with Crippen LogP contribution in [0.5, 0.6) is 0 Å². The second-order valence-electron chi connectivity index (χ2n) is 9.42. The van der Waals surface area contributed by atoms with E-state index in [1.54, 1.807) is 0 Å². The van der Waals surface area contributed by atoms with Gasteiger partial charge in [-0.2, -0.15) is 5.16 Å². The normalized spacial score (nSPS) is 21.9. The lowest BCUT2D eigenvalue weighted by atomic mass is 9.91. The fraction of sp³-hybridized carbons (Fsp3) is 0.737. The third-order valence-electron chi connectivity index (χ3n) is 5.88. The minimum absolute atomic E-state index is 0.0157. The van der Waals surface area contributed by atoms with Crippen molar-refractivity contribution in [3.63, 3.8) is 0 Å². The van der Waals surface area contributed by atoms with Gasteiger partial charge in [0, 0.05) is 19.0 Å². The molecule has 1 unspecified atom stereocenters. The van der Waals surface area contributed by atoms with Gasteiger partial charge >= 0.3 is 5.97 Å². The van der Waals surface area contributed by atoms with E-state index in [1.165, 1.54) is 11.0 Å². The van der Waals surface area contributed by atoms with Gasteiger partial charge in [0.15, 0.2) is 14.1 Å². The Balaban J connectivity index is 2.27. The summed E-state index contributed by atoms with van der Waals surface area (Å²) in [6.07, 6.45) is -0.0628. The van der Waals surface area contributed by atoms with Crippen molar-refractivity contribution in [1.29, 1.82) is 0 Å². The number of carbonyl (C=O) groups excluding carboxylic acids is 1. The van der Waals surface area contributed by atoms with E-state index in [0.717, 1.165) is 0 Å². The molecule has 1 aliphatic rings. The van der Waals surface area contributed by atoms with Gasteiger partial charge < -0.3 is 19.0 Å². The van der Waals surface area contributed by atoms with Crippen LogP contribution in [-0.4, -0.2) is 54.0 Å². The first-order valence-electron chi connectivity index (χ1n) is 9.64. The van der Waals surface area contributed by atoms with E-state index in [-0.39, 0.29) is 41.7 Å². The van der Waals surface area contributed by atoms with Crippen LogP contribution in [0.15, 0.2) is 15.4 Å². The van der Waals surface area contributed by atoms with Crippen LogP contribution in [0.4, 0.5) is 0 Å². The predicted molar refractivity (Wildman–Crippen MR) is 107 cm³/mol. The average Bonchev–Trinajstić information content (AvgIpc) is 3.12. The highest BCUT2D eigenvalue weighted by atomic mass is 28.4. The molecule has 8 nitrogen and oxygen atoms in total. The fourth-order valence-electron chi connectivity index (χ4n) is 3.32. The summed E-state index contributed by atoms with van der Waals surface area (Å²) in [7, 11) is -2.10. The summed E-state index contributed by atoms with van der Waals surface area (Å²) in [6, 6.07) is 0.298. The van der Waals surface area contributed by atoms with Crippen molar-refractivity contribution < 1.29 is 23.6 Å². The summed E-state index contributed by atoms with van der Waals surface area (Å²) in [4.78, 5) is 37.9. The van der Waals surface area contributed by atoms with Gasteiger partial charge in [-0.25, -0.2) is 4.79 Å². The summed E-state index contributed by atoms with van der Waals surface area (Å²) in [5.74, 6) is -2.07. The van der Waals surface area contributed by atoms with Crippen LogP contribution in [0.3, 0.4) is 0 Å². The number of carbonyl (C=O) groups is 2. The van der Waals surface area contributed by atoms with Gasteiger partial charge in [0.2, 0.25) is 5.91 Å². The second kappa shape index (κ2) is 7.86. The quantitative estimate of drug-likeness (QED) is 0.695. The van der Waals surface area contributed by atoms with Gasteiger partial charge in [0.1, 0.15) is 12.0 Å². The summed E-state index contributed by atoms with van der Waals surface area (Å²) in [5, 5.41) is 11.9. The summed E-state index contributed by atoms with van der Waals surface area (Å²) in [5.41, 5.74) is -0.427. The maximum Gasteiger partial charge on any atom is 0.326 e. The van der Waals surface area contributed by atoms with Crippen molar-refractivity contribution in [1.82, 2.24) is 10.1 Å². The van der Waals surface area contributed by atoms with Crippen molar-refractivity contribution in [2.45, 2.75) is 77.2 Å². The number of aliphatic carboxylic acids is 1. The average molecular weight is 413 g/mol. The third kappa shape index (κ3) is 4.57. The molecular weight excluding hydrogens is 380 g/mol. The van der Waals surface area contributed by atoms with Crippen LogP contribution in [0.1, 0.15) is 52.7 Å². The first kappa shape index (κ1) is 22.4. The van der Waals surface area contributed by atoms with E-state index in [2.05, 4.69) is 39.0 Å². The topological polar surface area (TPSA) is 113 Å². The van der Waals surface area contributed by atoms with Crippen LogP contribution in [0.2, 0.25) is 18.1 Å². The van der Waals surface area contributed by atoms with Crippen molar-refractivity contribution in [2.75, 3.05) is 6.54 Å². The molecule has 1 amide bonds. The van der Waals surface area contributed by atoms with Gasteiger partial charge in [-0.15, -0.1) is 0 Å². The Kier molecular flexibility index (Phi) is 6.30. The maximum atomic E-state index is 13.3. The molecular formula is C19H32N2O6Si. The molecule has 3 atom stereocenters. The number of hydrogen-bond donors (Lipinski definition) is 2. The lowest BCUT2D eigenvalue weighted by Gasteiger charge is -2.38. The monoisotopic (exact) mass is 412 g/mol. The highest BCUT2D eigenvalue weighted by molar-refractivity contribution is 6.74. The number of likely N-dealkylation sites (tertiary alicyclic amines) is 1. The number of amides is 1. The minimum atomic E-state index is -2.10. The second-order valence-corrected chi connectivity index (χ2v) is 14.2. The first-order chi connectivity index (χ1) is 12.7. The molecule has 2 N–H and O–H groups in total. The van der Waals surface area contributed by atoms with E-state index >= 15 is 0 Å². The molecule has 1 aliphatic heterocycles. The molecule has 9 heteroatoms. The van der Waals surface area contributed by atoms with E-state index < -0.39 is 31.8 Å². The Morgan fingerprint density at radius 3 is 2.39 bits per heavy atom. The number of rotatable bonds is 6. The van der Waals surface area contributed by atoms with Gasteiger partial charge in [0.25, 0.3) is 5.56 Å². The number of hydrogen-bond acceptors (Lipinski definition) is 5. The summed E-state index contributed by atoms with van der Waals surface area (Å²) < 4.78 is 11.5. The lowest BCUT2D eigenvalue weighted by molar-refractivity contribution is -0.149. The molecule has 0 saturated carbocycles. The van der Waals surface area contributed by atoms with Crippen molar-refractivity contribution >= 4 is 20.2 Å². The summed E-state index contributed by atoms with van der Waals surface area (Å²) in [6.45, 7) is 14.5. The van der Waals surface area contributed by atoms with E-state index in [4.69, 9.17) is 8.95 Å². The molecule has 1 aromatic rings. The Hall–Kier alpha value is -1.87. The Morgan fingerprint density at radius 1 is 1.36 bits per heavy atom. The molecule has 2 rings (SSSR count). The van der Waals surface area contributed by atoms with E-state index in [9.17, 15) is 19.5 Å². The highest BCUT2D eigenvalue weighted by Crippen LogP contribution is 2.39. The SMILES string of the molecule is CC(C)C(C(=O)N1C[C@H](O[Si](C)(C)C(C)(C)C)C[C@H]1C(=O)O)c1cc(=O)[nH]o1. The molecule has 1 aromatic heterocycles. The minimum Gasteiger partial charge on any atom is -0.480 e. The molecule has 0 bridgehead atoms. The number of aromatic nitrogens is 1. The zero-order valence-corrected chi connectivity index (χ0v) is 18.7. The standard InChI is InChI=1S/C19H32N2O6Si/c1-11(2)16(14-9-15(22)20-26-14)17(23)21-10-12(8-13(21)18(24)25)27-28(6,7)19(3,4)5/h9,11-13,16H,8,10H2,1-7H3,(H,20,22)(H,24,25)/t12-,13+,16?/m1/s1. The number of aromatic amines is 1. The maximum absolute atomic E-state index is 13.3.